The number of unbranched alkanes of at least 4 members (excludes halogenated alkanes) is 1. The number of rotatable bonds is 5. The van der Waals surface area contributed by atoms with Gasteiger partial charge in [-0.3, -0.25) is 10.7 Å². The molecule has 0 aromatic heterocycles. The molecule has 0 amide bonds. The first kappa shape index (κ1) is 25.7. The quantitative estimate of drug-likeness (QED) is 0.409. The molecule has 119 valence electrons. The minimum atomic E-state index is -0.242. The summed E-state index contributed by atoms with van der Waals surface area (Å²) in [5.41, 5.74) is -0.115. The minimum Gasteiger partial charge on any atom is -0.339 e. The molecule has 0 aliphatic rings. The van der Waals surface area contributed by atoms with Gasteiger partial charge >= 0.3 is 0 Å². The van der Waals surface area contributed by atoms with E-state index in [4.69, 9.17) is 0 Å². The topological polar surface area (TPSA) is 34.1 Å². The number of hydrogen-bond donors (Lipinski definition) is 0. The monoisotopic (exact) mass is 367 g/mol. The first-order valence-electron chi connectivity index (χ1n) is 7.07. The van der Waals surface area contributed by atoms with Crippen molar-refractivity contribution in [3.8, 4) is 11.8 Å². The van der Waals surface area contributed by atoms with Crippen molar-refractivity contribution in [2.45, 2.75) is 67.2 Å². The first-order valence-corrected chi connectivity index (χ1v) is 7.07. The van der Waals surface area contributed by atoms with Crippen molar-refractivity contribution in [3.63, 3.8) is 0 Å². The van der Waals surface area contributed by atoms with Gasteiger partial charge in [0.2, 0.25) is 0 Å². The molecule has 0 N–H and O–H groups in total. The molecular weight excluding hydrogens is 337 g/mol. The molecule has 0 rings (SSSR count). The molecule has 21 heavy (non-hydrogen) atoms. The molecule has 3 heteroatoms. The molecule has 0 saturated carbocycles. The standard InChI is InChI=1S/C11H19O2.C7H11.Y/c1-9(12)7-5-6-8-10(13)11(2,3)4;1-5-6-7(2,3)4;/h1,5-8H2,2-4H3;1H2,2-4H3;/q2*-1;. The summed E-state index contributed by atoms with van der Waals surface area (Å²) in [6.45, 7) is 18.6. The Bertz CT molecular complexity index is 359. The van der Waals surface area contributed by atoms with E-state index < -0.39 is 0 Å². The Kier molecular flexibility index (Phi) is 15.0. The van der Waals surface area contributed by atoms with Crippen molar-refractivity contribution < 1.29 is 42.3 Å². The van der Waals surface area contributed by atoms with Crippen molar-refractivity contribution in [2.24, 2.45) is 10.8 Å². The summed E-state index contributed by atoms with van der Waals surface area (Å²) in [7, 11) is 0. The normalized spacial score (nSPS) is 10.2. The van der Waals surface area contributed by atoms with Gasteiger partial charge in [0.15, 0.2) is 0 Å². The third-order valence-electron chi connectivity index (χ3n) is 2.41. The second-order valence-electron chi connectivity index (χ2n) is 6.97. The van der Waals surface area contributed by atoms with Gasteiger partial charge in [-0.1, -0.05) is 47.0 Å². The van der Waals surface area contributed by atoms with E-state index in [0.717, 1.165) is 12.8 Å². The minimum absolute atomic E-state index is 0. The average molecular weight is 367 g/mol. The Hall–Kier alpha value is -0.256. The van der Waals surface area contributed by atoms with Crippen molar-refractivity contribution in [1.82, 2.24) is 0 Å². The van der Waals surface area contributed by atoms with Gasteiger partial charge in [0, 0.05) is 44.5 Å². The Balaban J connectivity index is -0.000000347. The van der Waals surface area contributed by atoms with Gasteiger partial charge in [-0.25, -0.2) is 0 Å². The van der Waals surface area contributed by atoms with Crippen molar-refractivity contribution >= 4 is 11.6 Å². The van der Waals surface area contributed by atoms with Gasteiger partial charge in [-0.15, -0.1) is 0 Å². The van der Waals surface area contributed by atoms with Crippen LogP contribution in [0.4, 0.5) is 0 Å². The summed E-state index contributed by atoms with van der Waals surface area (Å²) in [5.74, 6) is 5.76. The maximum atomic E-state index is 11.4. The number of carbonyl (C=O) groups excluding carboxylic acids is 2. The zero-order valence-corrected chi connectivity index (χ0v) is 17.5. The molecular formula is C18H30O2Y-2. The van der Waals surface area contributed by atoms with E-state index in [1.165, 1.54) is 0 Å². The summed E-state index contributed by atoms with van der Waals surface area (Å²) in [5, 5.41) is 0. The molecule has 0 aliphatic carbocycles. The van der Waals surface area contributed by atoms with E-state index in [1.54, 1.807) is 0 Å². The van der Waals surface area contributed by atoms with Crippen LogP contribution in [-0.4, -0.2) is 11.6 Å². The van der Waals surface area contributed by atoms with Crippen LogP contribution in [0.15, 0.2) is 0 Å². The largest absolute Gasteiger partial charge is 0.339 e. The predicted molar refractivity (Wildman–Crippen MR) is 85.9 cm³/mol. The predicted octanol–water partition coefficient (Wildman–Crippen LogP) is 4.43. The van der Waals surface area contributed by atoms with Crippen LogP contribution in [0.2, 0.25) is 0 Å². The van der Waals surface area contributed by atoms with E-state index in [9.17, 15) is 9.59 Å². The van der Waals surface area contributed by atoms with E-state index >= 15 is 0 Å². The van der Waals surface area contributed by atoms with E-state index in [2.05, 4.69) is 46.5 Å². The second-order valence-corrected chi connectivity index (χ2v) is 6.97. The molecule has 1 radical (unpaired) electrons. The smallest absolute Gasteiger partial charge is 0.138 e. The Morgan fingerprint density at radius 3 is 1.62 bits per heavy atom. The van der Waals surface area contributed by atoms with Gasteiger partial charge in [0.1, 0.15) is 5.78 Å². The zero-order chi connectivity index (χ0) is 16.4. The molecule has 0 bridgehead atoms. The van der Waals surface area contributed by atoms with Crippen LogP contribution in [0.1, 0.15) is 67.2 Å². The Labute approximate surface area is 157 Å². The van der Waals surface area contributed by atoms with E-state index in [1.807, 2.05) is 20.8 Å². The van der Waals surface area contributed by atoms with Crippen LogP contribution in [0.25, 0.3) is 0 Å². The summed E-state index contributed by atoms with van der Waals surface area (Å²) in [6.07, 6.45) is 2.66. The summed E-state index contributed by atoms with van der Waals surface area (Å²) in [4.78, 5) is 21.9. The number of carbonyl (C=O) groups is 2. The van der Waals surface area contributed by atoms with E-state index in [-0.39, 0.29) is 55.1 Å². The maximum Gasteiger partial charge on any atom is 0.138 e. The van der Waals surface area contributed by atoms with Gasteiger partial charge in [0.25, 0.3) is 0 Å². The molecule has 0 spiro atoms. The van der Waals surface area contributed by atoms with Gasteiger partial charge in [0.05, 0.1) is 0 Å². The maximum absolute atomic E-state index is 11.4. The third-order valence-corrected chi connectivity index (χ3v) is 2.41. The molecule has 0 saturated heterocycles. The Morgan fingerprint density at radius 2 is 1.38 bits per heavy atom. The van der Waals surface area contributed by atoms with Crippen molar-refractivity contribution in [1.29, 1.82) is 0 Å². The molecule has 0 aromatic carbocycles. The van der Waals surface area contributed by atoms with Crippen LogP contribution in [0.5, 0.6) is 0 Å². The van der Waals surface area contributed by atoms with Crippen LogP contribution < -0.4 is 0 Å². The van der Waals surface area contributed by atoms with Gasteiger partial charge in [-0.2, -0.15) is 6.92 Å². The number of Topliss-reactive ketones (excluding diaryl/α,β-unsaturated/α-hetero) is 2. The number of ketones is 2. The first-order chi connectivity index (χ1) is 8.90. The molecule has 0 unspecified atom stereocenters. The molecule has 0 atom stereocenters. The molecule has 0 fully saturated rings. The van der Waals surface area contributed by atoms with Crippen LogP contribution >= 0.6 is 0 Å². The number of hydrogen-bond acceptors (Lipinski definition) is 2. The molecule has 0 aromatic rings. The van der Waals surface area contributed by atoms with Crippen molar-refractivity contribution in [3.05, 3.63) is 13.8 Å². The van der Waals surface area contributed by atoms with Crippen LogP contribution in [0.3, 0.4) is 0 Å². The zero-order valence-electron chi connectivity index (χ0n) is 14.6. The molecule has 0 heterocycles. The summed E-state index contributed by atoms with van der Waals surface area (Å²) >= 11 is 0. The van der Waals surface area contributed by atoms with E-state index in [0.29, 0.717) is 12.8 Å². The summed E-state index contributed by atoms with van der Waals surface area (Å²) in [6, 6.07) is 0. The second kappa shape index (κ2) is 12.3. The average Bonchev–Trinajstić information content (AvgIpc) is 2.21. The van der Waals surface area contributed by atoms with Crippen LogP contribution in [-0.2, 0) is 42.3 Å². The van der Waals surface area contributed by atoms with Gasteiger partial charge < -0.3 is 17.6 Å². The Morgan fingerprint density at radius 1 is 0.952 bits per heavy atom. The van der Waals surface area contributed by atoms with Crippen molar-refractivity contribution in [2.75, 3.05) is 0 Å². The fraction of sp³-hybridized carbons (Fsp3) is 0.667. The van der Waals surface area contributed by atoms with Gasteiger partial charge in [-0.05, 0) is 25.0 Å². The van der Waals surface area contributed by atoms with Crippen LogP contribution in [0, 0.1) is 36.5 Å². The fourth-order valence-corrected chi connectivity index (χ4v) is 1.25. The molecule has 0 aliphatic heterocycles. The SMILES string of the molecule is [CH2-]C#CC(C)(C)C.[CH2-]C(=O)CCCCC(=O)C(C)(C)C.[Y]. The third kappa shape index (κ3) is 22.2. The molecule has 2 nitrogen and oxygen atoms in total. The fourth-order valence-electron chi connectivity index (χ4n) is 1.25. The summed E-state index contributed by atoms with van der Waals surface area (Å²) < 4.78 is 0.